The lowest BCUT2D eigenvalue weighted by atomic mass is 10.0. The molecule has 1 aliphatic rings. The predicted molar refractivity (Wildman–Crippen MR) is 76.2 cm³/mol. The standard InChI is InChI=1S/C16H19NO2/c1-3-8-17-10-11(2)16(19)15-9-14(15)12-4-6-13(18)7-5-12/h3-7,14-15,17-18H,1-2,8-10H2. The lowest BCUT2D eigenvalue weighted by Crippen LogP contribution is -2.21. The highest BCUT2D eigenvalue weighted by atomic mass is 16.3. The Hall–Kier alpha value is -1.87. The van der Waals surface area contributed by atoms with E-state index >= 15 is 0 Å². The largest absolute Gasteiger partial charge is 0.508 e. The van der Waals surface area contributed by atoms with Crippen molar-refractivity contribution in [3.8, 4) is 5.75 Å². The summed E-state index contributed by atoms with van der Waals surface area (Å²) in [6.45, 7) is 8.65. The van der Waals surface area contributed by atoms with E-state index in [4.69, 9.17) is 0 Å². The normalized spacial score (nSPS) is 20.8. The van der Waals surface area contributed by atoms with Crippen LogP contribution in [0.5, 0.6) is 5.75 Å². The Kier molecular flexibility index (Phi) is 4.17. The molecule has 2 unspecified atom stereocenters. The van der Waals surface area contributed by atoms with Crippen molar-refractivity contribution < 1.29 is 9.90 Å². The zero-order valence-corrected chi connectivity index (χ0v) is 10.9. The van der Waals surface area contributed by atoms with Gasteiger partial charge in [-0.25, -0.2) is 0 Å². The minimum absolute atomic E-state index is 0.0579. The van der Waals surface area contributed by atoms with Crippen molar-refractivity contribution in [3.63, 3.8) is 0 Å². The van der Waals surface area contributed by atoms with E-state index in [2.05, 4.69) is 18.5 Å². The Labute approximate surface area is 113 Å². The molecule has 100 valence electrons. The number of rotatable bonds is 7. The van der Waals surface area contributed by atoms with Crippen LogP contribution >= 0.6 is 0 Å². The summed E-state index contributed by atoms with van der Waals surface area (Å²) in [4.78, 5) is 12.1. The number of carbonyl (C=O) groups is 1. The van der Waals surface area contributed by atoms with Crippen LogP contribution < -0.4 is 5.32 Å². The monoisotopic (exact) mass is 257 g/mol. The number of phenols is 1. The van der Waals surface area contributed by atoms with E-state index < -0.39 is 0 Å². The molecule has 0 saturated heterocycles. The molecule has 2 N–H and O–H groups in total. The van der Waals surface area contributed by atoms with Gasteiger partial charge in [0.15, 0.2) is 5.78 Å². The van der Waals surface area contributed by atoms with Crippen molar-refractivity contribution in [2.75, 3.05) is 13.1 Å². The fourth-order valence-electron chi connectivity index (χ4n) is 2.25. The molecule has 1 saturated carbocycles. The smallest absolute Gasteiger partial charge is 0.163 e. The molecule has 1 aliphatic carbocycles. The third kappa shape index (κ3) is 3.32. The highest BCUT2D eigenvalue weighted by Crippen LogP contribution is 2.49. The second-order valence-electron chi connectivity index (χ2n) is 4.93. The molecule has 0 aliphatic heterocycles. The molecule has 0 aromatic heterocycles. The molecule has 0 heterocycles. The topological polar surface area (TPSA) is 49.3 Å². The fourth-order valence-corrected chi connectivity index (χ4v) is 2.25. The molecule has 1 aromatic carbocycles. The number of aromatic hydroxyl groups is 1. The van der Waals surface area contributed by atoms with Crippen molar-refractivity contribution in [1.29, 1.82) is 0 Å². The van der Waals surface area contributed by atoms with E-state index in [1.165, 1.54) is 0 Å². The highest BCUT2D eigenvalue weighted by Gasteiger charge is 2.44. The number of hydrogen-bond donors (Lipinski definition) is 2. The van der Waals surface area contributed by atoms with Gasteiger partial charge in [0.1, 0.15) is 5.75 Å². The van der Waals surface area contributed by atoms with Gasteiger partial charge in [-0.05, 0) is 30.0 Å². The summed E-state index contributed by atoms with van der Waals surface area (Å²) in [5.41, 5.74) is 1.75. The van der Waals surface area contributed by atoms with Gasteiger partial charge in [-0.3, -0.25) is 4.79 Å². The van der Waals surface area contributed by atoms with Crippen LogP contribution in [-0.2, 0) is 4.79 Å². The second kappa shape index (κ2) is 5.85. The van der Waals surface area contributed by atoms with Crippen LogP contribution in [0.2, 0.25) is 0 Å². The highest BCUT2D eigenvalue weighted by molar-refractivity contribution is 5.99. The molecule has 1 aromatic rings. The maximum Gasteiger partial charge on any atom is 0.163 e. The fraction of sp³-hybridized carbons (Fsp3) is 0.312. The minimum atomic E-state index is 0.0579. The predicted octanol–water partition coefficient (Wildman–Crippen LogP) is 2.40. The molecular formula is C16H19NO2. The Morgan fingerprint density at radius 3 is 2.74 bits per heavy atom. The van der Waals surface area contributed by atoms with Gasteiger partial charge in [-0.2, -0.15) is 0 Å². The summed E-state index contributed by atoms with van der Waals surface area (Å²) < 4.78 is 0. The summed E-state index contributed by atoms with van der Waals surface area (Å²) in [6.07, 6.45) is 2.64. The number of Topliss-reactive ketones (excluding diaryl/α,β-unsaturated/α-hetero) is 1. The third-order valence-corrected chi connectivity index (χ3v) is 3.42. The average molecular weight is 257 g/mol. The van der Waals surface area contributed by atoms with Crippen LogP contribution in [0.25, 0.3) is 0 Å². The number of carbonyl (C=O) groups excluding carboxylic acids is 1. The Bertz CT molecular complexity index is 490. The molecule has 0 amide bonds. The SMILES string of the molecule is C=CCNCC(=C)C(=O)C1CC1c1ccc(O)cc1. The lowest BCUT2D eigenvalue weighted by Gasteiger charge is -2.05. The van der Waals surface area contributed by atoms with Crippen LogP contribution in [0.15, 0.2) is 49.1 Å². The quantitative estimate of drug-likeness (QED) is 0.448. The first-order chi connectivity index (χ1) is 9.13. The molecule has 2 atom stereocenters. The van der Waals surface area contributed by atoms with Crippen LogP contribution in [0, 0.1) is 5.92 Å². The summed E-state index contributed by atoms with van der Waals surface area (Å²) in [7, 11) is 0. The van der Waals surface area contributed by atoms with E-state index in [1.807, 2.05) is 12.1 Å². The van der Waals surface area contributed by atoms with Crippen LogP contribution in [0.3, 0.4) is 0 Å². The Balaban J connectivity index is 1.88. The minimum Gasteiger partial charge on any atom is -0.508 e. The number of phenolic OH excluding ortho intramolecular Hbond substituents is 1. The van der Waals surface area contributed by atoms with E-state index in [9.17, 15) is 9.90 Å². The molecule has 3 heteroatoms. The van der Waals surface area contributed by atoms with Gasteiger partial charge in [-0.1, -0.05) is 24.8 Å². The third-order valence-electron chi connectivity index (χ3n) is 3.42. The zero-order valence-electron chi connectivity index (χ0n) is 10.9. The average Bonchev–Trinajstić information content (AvgIpc) is 3.19. The molecular weight excluding hydrogens is 238 g/mol. The number of benzene rings is 1. The van der Waals surface area contributed by atoms with Crippen molar-refractivity contribution in [3.05, 3.63) is 54.6 Å². The molecule has 19 heavy (non-hydrogen) atoms. The molecule has 0 spiro atoms. The first kappa shape index (κ1) is 13.6. The van der Waals surface area contributed by atoms with Crippen molar-refractivity contribution in [2.24, 2.45) is 5.92 Å². The summed E-state index contributed by atoms with van der Waals surface area (Å²) in [6, 6.07) is 7.09. The van der Waals surface area contributed by atoms with Crippen molar-refractivity contribution in [1.82, 2.24) is 5.32 Å². The number of hydrogen-bond acceptors (Lipinski definition) is 3. The zero-order chi connectivity index (χ0) is 13.8. The van der Waals surface area contributed by atoms with Gasteiger partial charge in [0, 0.05) is 24.6 Å². The molecule has 2 rings (SSSR count). The van der Waals surface area contributed by atoms with E-state index in [1.54, 1.807) is 18.2 Å². The summed E-state index contributed by atoms with van der Waals surface area (Å²) in [5.74, 6) is 0.742. The van der Waals surface area contributed by atoms with E-state index in [0.29, 0.717) is 18.7 Å². The maximum atomic E-state index is 12.1. The number of nitrogens with one attached hydrogen (secondary N) is 1. The van der Waals surface area contributed by atoms with Gasteiger partial charge in [0.25, 0.3) is 0 Å². The first-order valence-corrected chi connectivity index (χ1v) is 6.46. The molecule has 0 bridgehead atoms. The van der Waals surface area contributed by atoms with Crippen molar-refractivity contribution >= 4 is 5.78 Å². The summed E-state index contributed by atoms with van der Waals surface area (Å²) >= 11 is 0. The van der Waals surface area contributed by atoms with E-state index in [0.717, 1.165) is 12.0 Å². The maximum absolute atomic E-state index is 12.1. The van der Waals surface area contributed by atoms with Crippen LogP contribution in [0.1, 0.15) is 17.9 Å². The lowest BCUT2D eigenvalue weighted by molar-refractivity contribution is -0.116. The van der Waals surface area contributed by atoms with Gasteiger partial charge >= 0.3 is 0 Å². The molecule has 1 fully saturated rings. The Morgan fingerprint density at radius 1 is 1.42 bits per heavy atom. The Morgan fingerprint density at radius 2 is 2.11 bits per heavy atom. The van der Waals surface area contributed by atoms with Crippen molar-refractivity contribution in [2.45, 2.75) is 12.3 Å². The van der Waals surface area contributed by atoms with Gasteiger partial charge in [0.05, 0.1) is 0 Å². The van der Waals surface area contributed by atoms with Gasteiger partial charge in [0.2, 0.25) is 0 Å². The van der Waals surface area contributed by atoms with Gasteiger partial charge in [-0.15, -0.1) is 6.58 Å². The van der Waals surface area contributed by atoms with Crippen LogP contribution in [-0.4, -0.2) is 24.0 Å². The number of ketones is 1. The van der Waals surface area contributed by atoms with Gasteiger partial charge < -0.3 is 10.4 Å². The summed E-state index contributed by atoms with van der Waals surface area (Å²) in [5, 5.41) is 12.3. The second-order valence-corrected chi connectivity index (χ2v) is 4.93. The van der Waals surface area contributed by atoms with E-state index in [-0.39, 0.29) is 23.4 Å². The molecule has 3 nitrogen and oxygen atoms in total. The van der Waals surface area contributed by atoms with Crippen LogP contribution in [0.4, 0.5) is 0 Å². The molecule has 0 radical (unpaired) electrons. The first-order valence-electron chi connectivity index (χ1n) is 6.46.